The molecule has 1 aliphatic heterocycles. The van der Waals surface area contributed by atoms with Gasteiger partial charge >= 0.3 is 0 Å². The molecule has 1 aromatic rings. The van der Waals surface area contributed by atoms with Crippen molar-refractivity contribution in [3.63, 3.8) is 0 Å². The second-order valence-electron chi connectivity index (χ2n) is 4.08. The first-order valence-corrected chi connectivity index (χ1v) is 6.06. The first kappa shape index (κ1) is 16.2. The number of hydrogen-bond acceptors (Lipinski definition) is 3. The number of nitrogens with zero attached hydrogens (tertiary/aromatic N) is 1. The molecule has 1 aliphatic rings. The van der Waals surface area contributed by atoms with Crippen molar-refractivity contribution in [2.24, 2.45) is 5.73 Å². The number of morpholine rings is 1. The standard InChI is InChI=1S/C12H14ClFN2O2.ClH/c13-10-3-1-2-9(11(10)14)12(17)16-4-5-18-8(6-15)7-16;/h1-3,8H,4-7,15H2;1H. The van der Waals surface area contributed by atoms with E-state index < -0.39 is 5.82 Å². The Hall–Kier alpha value is -0.880. The van der Waals surface area contributed by atoms with Crippen molar-refractivity contribution in [1.82, 2.24) is 4.90 Å². The maximum absolute atomic E-state index is 13.8. The average Bonchev–Trinajstić information content (AvgIpc) is 2.41. The predicted molar refractivity (Wildman–Crippen MR) is 73.4 cm³/mol. The molecule has 1 fully saturated rings. The highest BCUT2D eigenvalue weighted by Crippen LogP contribution is 2.20. The third-order valence-electron chi connectivity index (χ3n) is 2.87. The summed E-state index contributed by atoms with van der Waals surface area (Å²) in [6, 6.07) is 4.39. The first-order chi connectivity index (χ1) is 8.63. The number of ether oxygens (including phenoxy) is 1. The van der Waals surface area contributed by atoms with E-state index in [1.54, 1.807) is 6.07 Å². The summed E-state index contributed by atoms with van der Waals surface area (Å²) in [4.78, 5) is 13.7. The van der Waals surface area contributed by atoms with Crippen LogP contribution in [0.2, 0.25) is 5.02 Å². The lowest BCUT2D eigenvalue weighted by Gasteiger charge is -2.32. The van der Waals surface area contributed by atoms with Crippen molar-refractivity contribution in [2.45, 2.75) is 6.10 Å². The Morgan fingerprint density at radius 1 is 1.58 bits per heavy atom. The van der Waals surface area contributed by atoms with E-state index in [-0.39, 0.29) is 35.0 Å². The number of carbonyl (C=O) groups excluding carboxylic acids is 1. The molecule has 1 unspecified atom stereocenters. The minimum atomic E-state index is -0.681. The highest BCUT2D eigenvalue weighted by atomic mass is 35.5. The summed E-state index contributed by atoms with van der Waals surface area (Å²) >= 11 is 5.66. The third-order valence-corrected chi connectivity index (χ3v) is 3.16. The number of carbonyl (C=O) groups is 1. The van der Waals surface area contributed by atoms with Crippen LogP contribution in [0.25, 0.3) is 0 Å². The van der Waals surface area contributed by atoms with Crippen molar-refractivity contribution in [1.29, 1.82) is 0 Å². The van der Waals surface area contributed by atoms with Crippen LogP contribution in [0.1, 0.15) is 10.4 Å². The zero-order valence-corrected chi connectivity index (χ0v) is 11.7. The molecule has 2 rings (SSSR count). The van der Waals surface area contributed by atoms with Crippen LogP contribution >= 0.6 is 24.0 Å². The fourth-order valence-corrected chi connectivity index (χ4v) is 2.06. The van der Waals surface area contributed by atoms with Crippen molar-refractivity contribution < 1.29 is 13.9 Å². The highest BCUT2D eigenvalue weighted by molar-refractivity contribution is 6.31. The van der Waals surface area contributed by atoms with Gasteiger partial charge in [0.2, 0.25) is 0 Å². The Morgan fingerprint density at radius 2 is 2.32 bits per heavy atom. The fraction of sp³-hybridized carbons (Fsp3) is 0.417. The van der Waals surface area contributed by atoms with Gasteiger partial charge in [0.05, 0.1) is 23.3 Å². The van der Waals surface area contributed by atoms with E-state index in [0.29, 0.717) is 26.2 Å². The minimum Gasteiger partial charge on any atom is -0.373 e. The van der Waals surface area contributed by atoms with E-state index in [9.17, 15) is 9.18 Å². The van der Waals surface area contributed by atoms with Crippen LogP contribution in [0.3, 0.4) is 0 Å². The Labute approximate surface area is 122 Å². The number of nitrogens with two attached hydrogens (primary N) is 1. The lowest BCUT2D eigenvalue weighted by atomic mass is 10.1. The average molecular weight is 309 g/mol. The summed E-state index contributed by atoms with van der Waals surface area (Å²) < 4.78 is 19.1. The van der Waals surface area contributed by atoms with Gasteiger partial charge in [-0.05, 0) is 12.1 Å². The fourth-order valence-electron chi connectivity index (χ4n) is 1.89. The molecule has 1 saturated heterocycles. The third kappa shape index (κ3) is 3.57. The molecule has 0 bridgehead atoms. The molecule has 4 nitrogen and oxygen atoms in total. The van der Waals surface area contributed by atoms with Gasteiger partial charge < -0.3 is 15.4 Å². The van der Waals surface area contributed by atoms with Crippen molar-refractivity contribution in [3.05, 3.63) is 34.6 Å². The van der Waals surface area contributed by atoms with Gasteiger partial charge in [-0.25, -0.2) is 4.39 Å². The molecule has 0 spiro atoms. The topological polar surface area (TPSA) is 55.6 Å². The largest absolute Gasteiger partial charge is 0.373 e. The summed E-state index contributed by atoms with van der Waals surface area (Å²) in [5.41, 5.74) is 5.49. The molecule has 0 aliphatic carbocycles. The predicted octanol–water partition coefficient (Wildman–Crippen LogP) is 1.70. The van der Waals surface area contributed by atoms with Gasteiger partial charge in [0.25, 0.3) is 5.91 Å². The summed E-state index contributed by atoms with van der Waals surface area (Å²) in [6.45, 7) is 1.56. The van der Waals surface area contributed by atoms with Gasteiger partial charge in [0.1, 0.15) is 0 Å². The number of hydrogen-bond donors (Lipinski definition) is 1. The van der Waals surface area contributed by atoms with Crippen molar-refractivity contribution >= 4 is 29.9 Å². The van der Waals surface area contributed by atoms with Gasteiger partial charge in [0, 0.05) is 19.6 Å². The second-order valence-corrected chi connectivity index (χ2v) is 4.49. The summed E-state index contributed by atoms with van der Waals surface area (Å²) in [5, 5.41) is -0.0514. The van der Waals surface area contributed by atoms with E-state index in [1.165, 1.54) is 17.0 Å². The maximum Gasteiger partial charge on any atom is 0.257 e. The minimum absolute atomic E-state index is 0. The van der Waals surface area contributed by atoms with Crippen LogP contribution in [0.5, 0.6) is 0 Å². The Morgan fingerprint density at radius 3 is 3.00 bits per heavy atom. The van der Waals surface area contributed by atoms with Gasteiger partial charge in [-0.3, -0.25) is 4.79 Å². The molecular formula is C12H15Cl2FN2O2. The van der Waals surface area contributed by atoms with Crippen LogP contribution < -0.4 is 5.73 Å². The van der Waals surface area contributed by atoms with E-state index in [1.807, 2.05) is 0 Å². The lowest BCUT2D eigenvalue weighted by Crippen LogP contribution is -2.48. The van der Waals surface area contributed by atoms with E-state index in [2.05, 4.69) is 0 Å². The molecular weight excluding hydrogens is 294 g/mol. The van der Waals surface area contributed by atoms with Crippen LogP contribution in [0, 0.1) is 5.82 Å². The van der Waals surface area contributed by atoms with Gasteiger partial charge in [-0.2, -0.15) is 0 Å². The summed E-state index contributed by atoms with van der Waals surface area (Å²) in [7, 11) is 0. The molecule has 0 aromatic heterocycles. The van der Waals surface area contributed by atoms with Crippen molar-refractivity contribution in [3.8, 4) is 0 Å². The number of amides is 1. The Kier molecular flexibility index (Phi) is 6.00. The monoisotopic (exact) mass is 308 g/mol. The molecule has 1 aromatic carbocycles. The second kappa shape index (κ2) is 7.05. The van der Waals surface area contributed by atoms with Crippen LogP contribution in [-0.2, 0) is 4.74 Å². The quantitative estimate of drug-likeness (QED) is 0.905. The molecule has 1 heterocycles. The smallest absolute Gasteiger partial charge is 0.257 e. The van der Waals surface area contributed by atoms with Crippen LogP contribution in [0.15, 0.2) is 18.2 Å². The molecule has 7 heteroatoms. The Bertz CT molecular complexity index is 459. The first-order valence-electron chi connectivity index (χ1n) is 5.68. The summed E-state index contributed by atoms with van der Waals surface area (Å²) in [5.74, 6) is -1.06. The highest BCUT2D eigenvalue weighted by Gasteiger charge is 2.26. The normalized spacial score (nSPS) is 18.9. The molecule has 0 saturated carbocycles. The number of halogens is 3. The molecule has 1 amide bonds. The van der Waals surface area contributed by atoms with Crippen LogP contribution in [-0.4, -0.2) is 43.2 Å². The van der Waals surface area contributed by atoms with Gasteiger partial charge in [0.15, 0.2) is 5.82 Å². The Balaban J connectivity index is 0.00000180. The van der Waals surface area contributed by atoms with Crippen LogP contribution in [0.4, 0.5) is 4.39 Å². The molecule has 0 radical (unpaired) electrons. The van der Waals surface area contributed by atoms with Gasteiger partial charge in [-0.1, -0.05) is 17.7 Å². The molecule has 2 N–H and O–H groups in total. The lowest BCUT2D eigenvalue weighted by molar-refractivity contribution is -0.0169. The van der Waals surface area contributed by atoms with Crippen molar-refractivity contribution in [2.75, 3.05) is 26.2 Å². The van der Waals surface area contributed by atoms with E-state index in [0.717, 1.165) is 0 Å². The molecule has 19 heavy (non-hydrogen) atoms. The molecule has 1 atom stereocenters. The zero-order valence-electron chi connectivity index (χ0n) is 10.1. The number of rotatable bonds is 2. The zero-order chi connectivity index (χ0) is 13.1. The number of benzene rings is 1. The maximum atomic E-state index is 13.8. The SMILES string of the molecule is Cl.NCC1CN(C(=O)c2cccc(Cl)c2F)CCO1. The van der Waals surface area contributed by atoms with Gasteiger partial charge in [-0.15, -0.1) is 12.4 Å². The summed E-state index contributed by atoms with van der Waals surface area (Å²) in [6.07, 6.45) is -0.190. The van der Waals surface area contributed by atoms with E-state index in [4.69, 9.17) is 22.1 Å². The van der Waals surface area contributed by atoms with E-state index >= 15 is 0 Å². The molecule has 106 valence electrons.